The molecular formula is C26H26N4O6. The van der Waals surface area contributed by atoms with Gasteiger partial charge in [-0.05, 0) is 31.4 Å². The average Bonchev–Trinajstić information content (AvgIpc) is 3.56. The zero-order chi connectivity index (χ0) is 25.7. The lowest BCUT2D eigenvalue weighted by Gasteiger charge is -2.34. The van der Waals surface area contributed by atoms with Crippen molar-refractivity contribution in [2.75, 3.05) is 4.90 Å². The number of fused-ring (bicyclic) bond motifs is 1. The number of aryl methyl sites for hydroxylation is 1. The molecule has 2 aromatic rings. The topological polar surface area (TPSA) is 144 Å². The molecule has 0 aromatic heterocycles. The summed E-state index contributed by atoms with van der Waals surface area (Å²) in [6.45, 7) is 1.91. The van der Waals surface area contributed by atoms with E-state index in [9.17, 15) is 29.3 Å². The molecule has 2 saturated heterocycles. The highest BCUT2D eigenvalue weighted by Crippen LogP contribution is 2.52. The number of nitro groups is 1. The van der Waals surface area contributed by atoms with Crippen LogP contribution >= 0.6 is 0 Å². The Balaban J connectivity index is 1.63. The molecule has 3 fully saturated rings. The number of carbonyl (C=O) groups is 4. The largest absolute Gasteiger partial charge is 0.368 e. The van der Waals surface area contributed by atoms with Crippen molar-refractivity contribution in [3.05, 3.63) is 69.8 Å². The van der Waals surface area contributed by atoms with Crippen molar-refractivity contribution in [1.29, 1.82) is 0 Å². The van der Waals surface area contributed by atoms with E-state index in [1.54, 1.807) is 12.1 Å². The number of rotatable bonds is 5. The molecule has 36 heavy (non-hydrogen) atoms. The van der Waals surface area contributed by atoms with Gasteiger partial charge in [-0.25, -0.2) is 4.90 Å². The number of carbonyl (C=O) groups excluding carboxylic acids is 4. The molecule has 0 radical (unpaired) electrons. The summed E-state index contributed by atoms with van der Waals surface area (Å²) in [6, 6.07) is 10.4. The van der Waals surface area contributed by atoms with Crippen LogP contribution in [0.5, 0.6) is 0 Å². The summed E-state index contributed by atoms with van der Waals surface area (Å²) in [5.41, 5.74) is 7.18. The predicted molar refractivity (Wildman–Crippen MR) is 128 cm³/mol. The van der Waals surface area contributed by atoms with Crippen LogP contribution in [0.2, 0.25) is 0 Å². The third-order valence-electron chi connectivity index (χ3n) is 7.65. The minimum atomic E-state index is -1.30. The Bertz CT molecular complexity index is 1270. The van der Waals surface area contributed by atoms with Crippen LogP contribution in [0, 0.1) is 34.8 Å². The number of nitro benzene ring substituents is 1. The average molecular weight is 491 g/mol. The SMILES string of the molecule is Cc1ccc(C2C3C(=O)N(c4cccc([N+](=O)[O-])c4)C(=O)C3C(C(N)=O)N2C(=O)C2CCCC2)cc1. The van der Waals surface area contributed by atoms with Crippen LogP contribution < -0.4 is 10.6 Å². The number of nitrogens with two attached hydrogens (primary N) is 1. The van der Waals surface area contributed by atoms with E-state index in [0.717, 1.165) is 29.4 Å². The first kappa shape index (κ1) is 23.7. The first-order chi connectivity index (χ1) is 17.2. The normalized spacial score (nSPS) is 25.9. The fourth-order valence-electron chi connectivity index (χ4n) is 6.00. The van der Waals surface area contributed by atoms with Gasteiger partial charge in [-0.2, -0.15) is 0 Å². The van der Waals surface area contributed by atoms with Crippen LogP contribution in [0.4, 0.5) is 11.4 Å². The minimum Gasteiger partial charge on any atom is -0.368 e. The quantitative estimate of drug-likeness (QED) is 0.388. The molecular weight excluding hydrogens is 464 g/mol. The van der Waals surface area contributed by atoms with E-state index in [2.05, 4.69) is 0 Å². The summed E-state index contributed by atoms with van der Waals surface area (Å²) >= 11 is 0. The molecule has 1 saturated carbocycles. The van der Waals surface area contributed by atoms with Crippen molar-refractivity contribution in [3.63, 3.8) is 0 Å². The molecule has 4 amide bonds. The van der Waals surface area contributed by atoms with Crippen molar-refractivity contribution in [2.24, 2.45) is 23.5 Å². The molecule has 2 N–H and O–H groups in total. The molecule has 1 aliphatic carbocycles. The second-order valence-electron chi connectivity index (χ2n) is 9.77. The maximum absolute atomic E-state index is 13.8. The minimum absolute atomic E-state index is 0.0492. The number of hydrogen-bond acceptors (Lipinski definition) is 6. The number of benzene rings is 2. The highest BCUT2D eigenvalue weighted by molar-refractivity contribution is 6.24. The lowest BCUT2D eigenvalue weighted by atomic mass is 9.86. The molecule has 2 heterocycles. The van der Waals surface area contributed by atoms with Crippen LogP contribution in [-0.2, 0) is 19.2 Å². The maximum atomic E-state index is 13.8. The summed E-state index contributed by atoms with van der Waals surface area (Å²) in [5, 5.41) is 11.3. The molecule has 2 aliphatic heterocycles. The Morgan fingerprint density at radius 2 is 1.64 bits per heavy atom. The van der Waals surface area contributed by atoms with Crippen molar-refractivity contribution >= 4 is 35.0 Å². The van der Waals surface area contributed by atoms with Gasteiger partial charge in [-0.15, -0.1) is 0 Å². The van der Waals surface area contributed by atoms with Crippen LogP contribution in [0.3, 0.4) is 0 Å². The molecule has 186 valence electrons. The smallest absolute Gasteiger partial charge is 0.271 e. The fourth-order valence-corrected chi connectivity index (χ4v) is 6.00. The number of hydrogen-bond donors (Lipinski definition) is 1. The van der Waals surface area contributed by atoms with Gasteiger partial charge in [-0.3, -0.25) is 29.3 Å². The fraction of sp³-hybridized carbons (Fsp3) is 0.385. The van der Waals surface area contributed by atoms with E-state index in [1.165, 1.54) is 23.1 Å². The lowest BCUT2D eigenvalue weighted by Crippen LogP contribution is -2.51. The maximum Gasteiger partial charge on any atom is 0.271 e. The highest BCUT2D eigenvalue weighted by Gasteiger charge is 2.65. The molecule has 2 aromatic carbocycles. The zero-order valence-corrected chi connectivity index (χ0v) is 19.7. The molecule has 10 heteroatoms. The van der Waals surface area contributed by atoms with E-state index in [0.29, 0.717) is 18.4 Å². The van der Waals surface area contributed by atoms with E-state index >= 15 is 0 Å². The first-order valence-corrected chi connectivity index (χ1v) is 12.0. The van der Waals surface area contributed by atoms with Crippen LogP contribution in [0.25, 0.3) is 0 Å². The molecule has 4 atom stereocenters. The number of amides is 4. The van der Waals surface area contributed by atoms with Gasteiger partial charge < -0.3 is 10.6 Å². The number of imide groups is 1. The van der Waals surface area contributed by atoms with Gasteiger partial charge in [-0.1, -0.05) is 48.7 Å². The number of non-ortho nitro benzene ring substituents is 1. The Kier molecular flexibility index (Phi) is 5.82. The monoisotopic (exact) mass is 490 g/mol. The van der Waals surface area contributed by atoms with Crippen LogP contribution in [0.15, 0.2) is 48.5 Å². The number of likely N-dealkylation sites (tertiary alicyclic amines) is 1. The van der Waals surface area contributed by atoms with E-state index in [-0.39, 0.29) is 23.2 Å². The third kappa shape index (κ3) is 3.64. The lowest BCUT2D eigenvalue weighted by molar-refractivity contribution is -0.384. The second kappa shape index (κ2) is 8.85. The summed E-state index contributed by atoms with van der Waals surface area (Å²) in [4.78, 5) is 67.0. The van der Waals surface area contributed by atoms with E-state index < -0.39 is 46.6 Å². The Morgan fingerprint density at radius 3 is 2.25 bits per heavy atom. The molecule has 5 rings (SSSR count). The highest BCUT2D eigenvalue weighted by atomic mass is 16.6. The first-order valence-electron chi connectivity index (χ1n) is 12.0. The predicted octanol–water partition coefficient (Wildman–Crippen LogP) is 2.64. The van der Waals surface area contributed by atoms with E-state index in [4.69, 9.17) is 5.73 Å². The van der Waals surface area contributed by atoms with Crippen LogP contribution in [0.1, 0.15) is 42.9 Å². The zero-order valence-electron chi connectivity index (χ0n) is 19.7. The molecule has 10 nitrogen and oxygen atoms in total. The van der Waals surface area contributed by atoms with E-state index in [1.807, 2.05) is 19.1 Å². The Hall–Kier alpha value is -4.08. The van der Waals surface area contributed by atoms with Gasteiger partial charge in [0.1, 0.15) is 6.04 Å². The molecule has 0 bridgehead atoms. The number of nitrogens with zero attached hydrogens (tertiary/aromatic N) is 3. The van der Waals surface area contributed by atoms with Gasteiger partial charge in [0.05, 0.1) is 28.5 Å². The van der Waals surface area contributed by atoms with Crippen molar-refractivity contribution in [3.8, 4) is 0 Å². The third-order valence-corrected chi connectivity index (χ3v) is 7.65. The van der Waals surface area contributed by atoms with Gasteiger partial charge in [0.2, 0.25) is 23.6 Å². The van der Waals surface area contributed by atoms with Crippen molar-refractivity contribution in [2.45, 2.75) is 44.7 Å². The Labute approximate surface area is 207 Å². The second-order valence-corrected chi connectivity index (χ2v) is 9.77. The van der Waals surface area contributed by atoms with Crippen molar-refractivity contribution < 1.29 is 24.1 Å². The summed E-state index contributed by atoms with van der Waals surface area (Å²) < 4.78 is 0. The van der Waals surface area contributed by atoms with Gasteiger partial charge >= 0.3 is 0 Å². The summed E-state index contributed by atoms with van der Waals surface area (Å²) in [6.07, 6.45) is 3.15. The molecule has 0 spiro atoms. The van der Waals surface area contributed by atoms with Crippen LogP contribution in [-0.4, -0.2) is 39.5 Å². The Morgan fingerprint density at radius 1 is 1.00 bits per heavy atom. The van der Waals surface area contributed by atoms with Gasteiger partial charge in [0.15, 0.2) is 0 Å². The standard InChI is InChI=1S/C26H26N4O6/c1-14-9-11-15(12-10-14)21-19-20(22(23(27)31)29(21)24(32)16-5-2-3-6-16)26(34)28(25(19)33)17-7-4-8-18(13-17)30(35)36/h4,7-13,16,19-22H,2-3,5-6H2,1H3,(H2,27,31). The number of primary amides is 1. The van der Waals surface area contributed by atoms with Gasteiger partial charge in [0, 0.05) is 18.1 Å². The van der Waals surface area contributed by atoms with Gasteiger partial charge in [0.25, 0.3) is 5.69 Å². The number of anilines is 1. The summed E-state index contributed by atoms with van der Waals surface area (Å²) in [7, 11) is 0. The molecule has 4 unspecified atom stereocenters. The van der Waals surface area contributed by atoms with Crippen molar-refractivity contribution in [1.82, 2.24) is 4.90 Å². The molecule has 3 aliphatic rings. The summed E-state index contributed by atoms with van der Waals surface area (Å²) in [5.74, 6) is -4.92.